The van der Waals surface area contributed by atoms with Crippen LogP contribution in [0, 0.1) is 0 Å². The summed E-state index contributed by atoms with van der Waals surface area (Å²) in [5.41, 5.74) is 0. The Morgan fingerprint density at radius 1 is 1.32 bits per heavy atom. The maximum Gasteiger partial charge on any atom is 0.326 e. The lowest BCUT2D eigenvalue weighted by atomic mass is 10.0. The van der Waals surface area contributed by atoms with Crippen LogP contribution in [0.1, 0.15) is 32.1 Å². The van der Waals surface area contributed by atoms with Crippen LogP contribution in [0.2, 0.25) is 0 Å². The van der Waals surface area contributed by atoms with E-state index in [1.165, 1.54) is 17.7 Å². The molecule has 2 amide bonds. The van der Waals surface area contributed by atoms with Crippen LogP contribution in [-0.2, 0) is 4.79 Å². The van der Waals surface area contributed by atoms with Gasteiger partial charge in [0.15, 0.2) is 0 Å². The quantitative estimate of drug-likeness (QED) is 0.771. The number of carboxylic acids is 1. The first-order valence-corrected chi connectivity index (χ1v) is 7.07. The average Bonchev–Trinajstić information content (AvgIpc) is 3.22. The van der Waals surface area contributed by atoms with Crippen molar-refractivity contribution in [2.24, 2.45) is 0 Å². The minimum atomic E-state index is -0.898. The van der Waals surface area contributed by atoms with Crippen molar-refractivity contribution >= 4 is 12.0 Å². The van der Waals surface area contributed by atoms with Gasteiger partial charge in [0.05, 0.1) is 0 Å². The van der Waals surface area contributed by atoms with Crippen molar-refractivity contribution < 1.29 is 14.7 Å². The zero-order valence-corrected chi connectivity index (χ0v) is 11.5. The van der Waals surface area contributed by atoms with Gasteiger partial charge in [-0.15, -0.1) is 0 Å². The minimum absolute atomic E-state index is 0.240. The van der Waals surface area contributed by atoms with E-state index in [2.05, 4.69) is 17.3 Å². The molecule has 1 unspecified atom stereocenters. The number of carbonyl (C=O) groups is 2. The molecule has 1 saturated carbocycles. The molecule has 0 spiro atoms. The molecule has 2 aliphatic rings. The molecule has 0 aromatic carbocycles. The molecule has 6 nitrogen and oxygen atoms in total. The van der Waals surface area contributed by atoms with Gasteiger partial charge in [0, 0.05) is 25.7 Å². The SMILES string of the molecule is CN(CCNC(=O)N1CCCCC1C(=O)O)C1CC1. The monoisotopic (exact) mass is 269 g/mol. The van der Waals surface area contributed by atoms with Crippen molar-refractivity contribution in [3.8, 4) is 0 Å². The second-order valence-corrected chi connectivity index (χ2v) is 5.49. The molecule has 0 bridgehead atoms. The number of urea groups is 1. The van der Waals surface area contributed by atoms with E-state index >= 15 is 0 Å². The first-order valence-electron chi connectivity index (χ1n) is 7.07. The first-order chi connectivity index (χ1) is 9.09. The summed E-state index contributed by atoms with van der Waals surface area (Å²) in [6, 6.07) is -0.218. The normalized spacial score (nSPS) is 23.5. The third-order valence-electron chi connectivity index (χ3n) is 3.96. The van der Waals surface area contributed by atoms with Gasteiger partial charge in [0.1, 0.15) is 6.04 Å². The second-order valence-electron chi connectivity index (χ2n) is 5.49. The summed E-state index contributed by atoms with van der Waals surface area (Å²) in [5.74, 6) is -0.898. The van der Waals surface area contributed by atoms with Crippen LogP contribution in [0.25, 0.3) is 0 Å². The second kappa shape index (κ2) is 6.23. The molecular formula is C13H23N3O3. The minimum Gasteiger partial charge on any atom is -0.480 e. The Morgan fingerprint density at radius 3 is 2.68 bits per heavy atom. The Kier molecular flexibility index (Phi) is 4.63. The Labute approximate surface area is 113 Å². The number of carbonyl (C=O) groups excluding carboxylic acids is 1. The number of carboxylic acid groups (broad SMARTS) is 1. The van der Waals surface area contributed by atoms with E-state index in [0.29, 0.717) is 25.6 Å². The van der Waals surface area contributed by atoms with Crippen molar-refractivity contribution in [1.82, 2.24) is 15.1 Å². The summed E-state index contributed by atoms with van der Waals surface area (Å²) >= 11 is 0. The van der Waals surface area contributed by atoms with Crippen LogP contribution in [0.15, 0.2) is 0 Å². The lowest BCUT2D eigenvalue weighted by molar-refractivity contribution is -0.143. The predicted octanol–water partition coefficient (Wildman–Crippen LogP) is 0.729. The molecule has 2 N–H and O–H groups in total. The van der Waals surface area contributed by atoms with Crippen molar-refractivity contribution in [2.45, 2.75) is 44.2 Å². The summed E-state index contributed by atoms with van der Waals surface area (Å²) in [4.78, 5) is 26.8. The number of likely N-dealkylation sites (tertiary alicyclic amines) is 1. The number of amides is 2. The summed E-state index contributed by atoms with van der Waals surface area (Å²) < 4.78 is 0. The van der Waals surface area contributed by atoms with E-state index < -0.39 is 12.0 Å². The van der Waals surface area contributed by atoms with E-state index in [4.69, 9.17) is 5.11 Å². The summed E-state index contributed by atoms with van der Waals surface area (Å²) in [5, 5.41) is 12.0. The lowest BCUT2D eigenvalue weighted by Gasteiger charge is -2.33. The molecule has 1 atom stereocenters. The molecule has 1 heterocycles. The number of nitrogens with one attached hydrogen (secondary N) is 1. The number of piperidine rings is 1. The van der Waals surface area contributed by atoms with Crippen molar-refractivity contribution in [2.75, 3.05) is 26.7 Å². The van der Waals surface area contributed by atoms with Crippen molar-refractivity contribution in [1.29, 1.82) is 0 Å². The smallest absolute Gasteiger partial charge is 0.326 e. The standard InChI is InChI=1S/C13H23N3O3/c1-15(10-5-6-10)9-7-14-13(19)16-8-3-2-4-11(16)12(17)18/h10-11H,2-9H2,1H3,(H,14,19)(H,17,18). The van der Waals surface area contributed by atoms with Crippen LogP contribution in [0.5, 0.6) is 0 Å². The highest BCUT2D eigenvalue weighted by Gasteiger charge is 2.32. The maximum atomic E-state index is 12.0. The van der Waals surface area contributed by atoms with E-state index in [-0.39, 0.29) is 6.03 Å². The molecule has 2 fully saturated rings. The largest absolute Gasteiger partial charge is 0.480 e. The molecule has 0 aromatic rings. The van der Waals surface area contributed by atoms with E-state index in [1.54, 1.807) is 0 Å². The Morgan fingerprint density at radius 2 is 2.05 bits per heavy atom. The molecule has 1 saturated heterocycles. The Hall–Kier alpha value is -1.30. The van der Waals surface area contributed by atoms with E-state index in [1.807, 2.05) is 0 Å². The Bertz CT molecular complexity index is 344. The summed E-state index contributed by atoms with van der Waals surface area (Å²) in [6.45, 7) is 1.94. The number of likely N-dealkylation sites (N-methyl/N-ethyl adjacent to an activating group) is 1. The zero-order chi connectivity index (χ0) is 13.8. The zero-order valence-electron chi connectivity index (χ0n) is 11.5. The molecule has 19 heavy (non-hydrogen) atoms. The van der Waals surface area contributed by atoms with Crippen molar-refractivity contribution in [3.63, 3.8) is 0 Å². The fourth-order valence-electron chi connectivity index (χ4n) is 2.57. The van der Waals surface area contributed by atoms with Crippen LogP contribution in [0.4, 0.5) is 4.79 Å². The number of nitrogens with zero attached hydrogens (tertiary/aromatic N) is 2. The van der Waals surface area contributed by atoms with Gasteiger partial charge in [0.2, 0.25) is 0 Å². The molecule has 1 aliphatic carbocycles. The Balaban J connectivity index is 1.75. The summed E-state index contributed by atoms with van der Waals surface area (Å²) in [6.07, 6.45) is 4.82. The van der Waals surface area contributed by atoms with Gasteiger partial charge in [-0.05, 0) is 39.2 Å². The van der Waals surface area contributed by atoms with Gasteiger partial charge in [-0.3, -0.25) is 0 Å². The highest BCUT2D eigenvalue weighted by Crippen LogP contribution is 2.24. The van der Waals surface area contributed by atoms with Gasteiger partial charge in [-0.2, -0.15) is 0 Å². The third kappa shape index (κ3) is 3.83. The molecule has 0 radical (unpaired) electrons. The number of hydrogen-bond donors (Lipinski definition) is 2. The fraction of sp³-hybridized carbons (Fsp3) is 0.846. The predicted molar refractivity (Wildman–Crippen MR) is 71.0 cm³/mol. The van der Waals surface area contributed by atoms with E-state index in [9.17, 15) is 9.59 Å². The first kappa shape index (κ1) is 14.1. The van der Waals surface area contributed by atoms with Crippen LogP contribution in [-0.4, -0.2) is 65.7 Å². The maximum absolute atomic E-state index is 12.0. The van der Waals surface area contributed by atoms with Gasteiger partial charge >= 0.3 is 12.0 Å². The molecule has 108 valence electrons. The average molecular weight is 269 g/mol. The van der Waals surface area contributed by atoms with Gasteiger partial charge in [0.25, 0.3) is 0 Å². The summed E-state index contributed by atoms with van der Waals surface area (Å²) in [7, 11) is 2.06. The molecule has 1 aliphatic heterocycles. The number of hydrogen-bond acceptors (Lipinski definition) is 3. The topological polar surface area (TPSA) is 72.9 Å². The van der Waals surface area contributed by atoms with Crippen LogP contribution >= 0.6 is 0 Å². The van der Waals surface area contributed by atoms with Gasteiger partial charge in [-0.25, -0.2) is 9.59 Å². The van der Waals surface area contributed by atoms with Crippen molar-refractivity contribution in [3.05, 3.63) is 0 Å². The van der Waals surface area contributed by atoms with Crippen LogP contribution < -0.4 is 5.32 Å². The number of rotatable bonds is 5. The fourth-order valence-corrected chi connectivity index (χ4v) is 2.57. The van der Waals surface area contributed by atoms with Gasteiger partial charge in [-0.1, -0.05) is 0 Å². The highest BCUT2D eigenvalue weighted by atomic mass is 16.4. The van der Waals surface area contributed by atoms with E-state index in [0.717, 1.165) is 19.4 Å². The molecule has 2 rings (SSSR count). The van der Waals surface area contributed by atoms with Gasteiger partial charge < -0.3 is 20.2 Å². The number of aliphatic carboxylic acids is 1. The van der Waals surface area contributed by atoms with Crippen LogP contribution in [0.3, 0.4) is 0 Å². The lowest BCUT2D eigenvalue weighted by Crippen LogP contribution is -2.52. The molecule has 6 heteroatoms. The molecular weight excluding hydrogens is 246 g/mol. The third-order valence-corrected chi connectivity index (χ3v) is 3.96. The highest BCUT2D eigenvalue weighted by molar-refractivity contribution is 5.82. The molecule has 0 aromatic heterocycles.